The molecule has 0 aliphatic heterocycles. The molecule has 0 bridgehead atoms. The molecule has 2 aromatic carbocycles. The van der Waals surface area contributed by atoms with Crippen LogP contribution in [0, 0.1) is 10.1 Å². The van der Waals surface area contributed by atoms with E-state index in [2.05, 4.69) is 15.4 Å². The zero-order valence-electron chi connectivity index (χ0n) is 23.4. The second kappa shape index (κ2) is 11.8. The van der Waals surface area contributed by atoms with Crippen LogP contribution < -0.4 is 10.1 Å². The molecule has 2 N–H and O–H groups in total. The Morgan fingerprint density at radius 2 is 1.98 bits per heavy atom. The number of rotatable bonds is 8. The third-order valence-corrected chi connectivity index (χ3v) is 8.10. The van der Waals surface area contributed by atoms with E-state index in [1.54, 1.807) is 47.5 Å². The number of hydrogen-bond donors (Lipinski definition) is 2. The first-order valence-electron chi connectivity index (χ1n) is 13.8. The number of fused-ring (bicyclic) bond motifs is 1. The maximum Gasteiger partial charge on any atom is 0.335 e. The number of halogens is 1. The molecule has 2 atom stereocenters. The van der Waals surface area contributed by atoms with Crippen LogP contribution in [0.1, 0.15) is 63.9 Å². The van der Waals surface area contributed by atoms with Crippen molar-refractivity contribution in [2.24, 2.45) is 0 Å². The highest BCUT2D eigenvalue weighted by Gasteiger charge is 2.34. The van der Waals surface area contributed by atoms with Gasteiger partial charge in [0.25, 0.3) is 11.6 Å². The van der Waals surface area contributed by atoms with Crippen LogP contribution in [-0.2, 0) is 0 Å². The van der Waals surface area contributed by atoms with Crippen LogP contribution in [0.4, 0.5) is 11.4 Å². The number of aromatic carboxylic acids is 1. The van der Waals surface area contributed by atoms with Crippen molar-refractivity contribution in [3.8, 4) is 17.0 Å². The molecule has 0 saturated heterocycles. The van der Waals surface area contributed by atoms with E-state index in [0.717, 1.165) is 12.8 Å². The summed E-state index contributed by atoms with van der Waals surface area (Å²) in [6.07, 6.45) is 9.23. The second-order valence-corrected chi connectivity index (χ2v) is 10.8. The van der Waals surface area contributed by atoms with E-state index in [4.69, 9.17) is 21.4 Å². The van der Waals surface area contributed by atoms with Crippen molar-refractivity contribution in [1.29, 1.82) is 0 Å². The highest BCUT2D eigenvalue weighted by Crippen LogP contribution is 2.45. The summed E-state index contributed by atoms with van der Waals surface area (Å²) >= 11 is 6.37. The van der Waals surface area contributed by atoms with Gasteiger partial charge in [0.1, 0.15) is 17.0 Å². The molecule has 5 aromatic rings. The van der Waals surface area contributed by atoms with Crippen molar-refractivity contribution in [2.75, 3.05) is 12.4 Å². The van der Waals surface area contributed by atoms with Crippen LogP contribution in [-0.4, -0.2) is 53.4 Å². The van der Waals surface area contributed by atoms with Crippen LogP contribution in [0.5, 0.6) is 5.75 Å². The maximum atomic E-state index is 13.6. The van der Waals surface area contributed by atoms with Crippen LogP contribution in [0.15, 0.2) is 67.3 Å². The number of anilines is 1. The van der Waals surface area contributed by atoms with Gasteiger partial charge in [0.05, 0.1) is 35.5 Å². The van der Waals surface area contributed by atoms with Crippen molar-refractivity contribution in [3.63, 3.8) is 0 Å². The molecule has 3 heterocycles. The monoisotopic (exact) mass is 615 g/mol. The minimum Gasteiger partial charge on any atom is -0.496 e. The van der Waals surface area contributed by atoms with Gasteiger partial charge in [-0.25, -0.2) is 14.3 Å². The summed E-state index contributed by atoms with van der Waals surface area (Å²) in [7, 11) is 1.51. The van der Waals surface area contributed by atoms with Crippen LogP contribution >= 0.6 is 11.6 Å². The molecule has 0 radical (unpaired) electrons. The van der Waals surface area contributed by atoms with E-state index in [1.165, 1.54) is 36.0 Å². The largest absolute Gasteiger partial charge is 0.496 e. The Bertz CT molecular complexity index is 1920. The summed E-state index contributed by atoms with van der Waals surface area (Å²) < 4.78 is 8.79. The first-order chi connectivity index (χ1) is 21.2. The summed E-state index contributed by atoms with van der Waals surface area (Å²) in [5.41, 5.74) is 2.08. The second-order valence-electron chi connectivity index (χ2n) is 10.4. The molecule has 13 nitrogen and oxygen atoms in total. The molecular formula is C30H26ClN7O6. The third kappa shape index (κ3) is 5.33. The molecule has 1 saturated carbocycles. The normalized spacial score (nSPS) is 16.5. The summed E-state index contributed by atoms with van der Waals surface area (Å²) in [4.78, 5) is 41.1. The van der Waals surface area contributed by atoms with Gasteiger partial charge in [-0.3, -0.25) is 19.6 Å². The number of methoxy groups -OCH3 is 1. The Balaban J connectivity index is 1.47. The lowest BCUT2D eigenvalue weighted by Crippen LogP contribution is -2.24. The number of benzene rings is 2. The molecular weight excluding hydrogens is 590 g/mol. The topological polar surface area (TPSA) is 167 Å². The smallest absolute Gasteiger partial charge is 0.335 e. The summed E-state index contributed by atoms with van der Waals surface area (Å²) in [6, 6.07) is 10.2. The predicted molar refractivity (Wildman–Crippen MR) is 160 cm³/mol. The van der Waals surface area contributed by atoms with Crippen molar-refractivity contribution in [1.82, 2.24) is 24.4 Å². The Morgan fingerprint density at radius 3 is 2.75 bits per heavy atom. The van der Waals surface area contributed by atoms with Gasteiger partial charge in [-0.15, -0.1) is 0 Å². The SMILES string of the molecule is COc1ccc(Cl)cc1-c1nn([C@@H]2CCCC[C@H]2c2cc([N+](=O)[O-])ccc2C(=O)O)cc1NC(=O)c1cnn2cccnc12. The van der Waals surface area contributed by atoms with Crippen molar-refractivity contribution >= 4 is 40.5 Å². The molecule has 1 aliphatic carbocycles. The van der Waals surface area contributed by atoms with Crippen molar-refractivity contribution < 1.29 is 24.4 Å². The number of carbonyl (C=O) groups excluding carboxylic acids is 1. The number of amides is 1. The molecule has 1 amide bonds. The standard InChI is InChI=1S/C30H26ClN7O6/c1-44-26-10-7-17(31)13-22(26)27-24(34-29(39)23-15-33-36-12-4-11-32-28(23)36)16-37(35-27)25-6-3-2-5-19(25)21-14-18(38(42)43)8-9-20(21)30(40)41/h4,7-16,19,25H,2-3,5-6H2,1H3,(H,34,39)(H,40,41)/t19-,25+/m0/s1. The molecule has 14 heteroatoms. The van der Waals surface area contributed by atoms with Gasteiger partial charge in [0.15, 0.2) is 5.65 Å². The van der Waals surface area contributed by atoms with E-state index in [1.807, 2.05) is 0 Å². The number of aromatic nitrogens is 5. The number of carbonyl (C=O) groups is 2. The van der Waals surface area contributed by atoms with Gasteiger partial charge in [0, 0.05) is 47.2 Å². The van der Waals surface area contributed by atoms with E-state index < -0.39 is 22.7 Å². The molecule has 3 aromatic heterocycles. The summed E-state index contributed by atoms with van der Waals surface area (Å²) in [5.74, 6) is -1.55. The average molecular weight is 616 g/mol. The maximum absolute atomic E-state index is 13.6. The molecule has 0 spiro atoms. The fourth-order valence-electron chi connectivity index (χ4n) is 5.85. The number of carboxylic acids is 1. The predicted octanol–water partition coefficient (Wildman–Crippen LogP) is 6.01. The molecule has 44 heavy (non-hydrogen) atoms. The Kier molecular flexibility index (Phi) is 7.70. The summed E-state index contributed by atoms with van der Waals surface area (Å²) in [5, 5.41) is 34.0. The van der Waals surface area contributed by atoms with Crippen LogP contribution in [0.2, 0.25) is 5.02 Å². The number of hydrogen-bond acceptors (Lipinski definition) is 8. The Morgan fingerprint density at radius 1 is 1.16 bits per heavy atom. The lowest BCUT2D eigenvalue weighted by atomic mass is 9.78. The minimum atomic E-state index is -1.17. The molecule has 6 rings (SSSR count). The first kappa shape index (κ1) is 28.8. The van der Waals surface area contributed by atoms with Gasteiger partial charge in [0.2, 0.25) is 0 Å². The van der Waals surface area contributed by atoms with E-state index in [9.17, 15) is 24.8 Å². The minimum absolute atomic E-state index is 0.00509. The number of carboxylic acid groups (broad SMARTS) is 1. The molecule has 1 aliphatic rings. The van der Waals surface area contributed by atoms with Crippen LogP contribution in [0.25, 0.3) is 16.9 Å². The Labute approximate surface area is 255 Å². The number of nitro benzene ring substituents is 1. The highest BCUT2D eigenvalue weighted by atomic mass is 35.5. The Hall–Kier alpha value is -5.30. The van der Waals surface area contributed by atoms with Crippen molar-refractivity contribution in [3.05, 3.63) is 99.1 Å². The number of non-ortho nitro benzene ring substituents is 1. The van der Waals surface area contributed by atoms with E-state index in [-0.39, 0.29) is 22.9 Å². The molecule has 224 valence electrons. The highest BCUT2D eigenvalue weighted by molar-refractivity contribution is 6.31. The number of nitrogens with one attached hydrogen (secondary N) is 1. The lowest BCUT2D eigenvalue weighted by Gasteiger charge is -2.32. The van der Waals surface area contributed by atoms with Crippen molar-refractivity contribution in [2.45, 2.75) is 37.6 Å². The third-order valence-electron chi connectivity index (χ3n) is 7.87. The van der Waals surface area contributed by atoms with Gasteiger partial charge >= 0.3 is 5.97 Å². The number of nitro groups is 1. The molecule has 1 fully saturated rings. The summed E-state index contributed by atoms with van der Waals surface area (Å²) in [6.45, 7) is 0. The quantitative estimate of drug-likeness (QED) is 0.157. The van der Waals surface area contributed by atoms with Gasteiger partial charge < -0.3 is 15.2 Å². The lowest BCUT2D eigenvalue weighted by molar-refractivity contribution is -0.384. The van der Waals surface area contributed by atoms with Crippen LogP contribution in [0.3, 0.4) is 0 Å². The first-order valence-corrected chi connectivity index (χ1v) is 14.2. The van der Waals surface area contributed by atoms with Gasteiger partial charge in [-0.05, 0) is 48.7 Å². The van der Waals surface area contributed by atoms with E-state index in [0.29, 0.717) is 51.8 Å². The van der Waals surface area contributed by atoms with Gasteiger partial charge in [-0.2, -0.15) is 10.2 Å². The average Bonchev–Trinajstić information content (AvgIpc) is 3.65. The zero-order valence-corrected chi connectivity index (χ0v) is 24.1. The van der Waals surface area contributed by atoms with Gasteiger partial charge in [-0.1, -0.05) is 24.4 Å². The zero-order chi connectivity index (χ0) is 31.0. The number of ether oxygens (including phenoxy) is 1. The number of nitrogens with zero attached hydrogens (tertiary/aromatic N) is 6. The van der Waals surface area contributed by atoms with E-state index >= 15 is 0 Å². The fourth-order valence-corrected chi connectivity index (χ4v) is 6.02. The fraction of sp³-hybridized carbons (Fsp3) is 0.233. The molecule has 0 unspecified atom stereocenters.